The fraction of sp³-hybridized carbons (Fsp3) is 0.273. The molecule has 0 fully saturated rings. The highest BCUT2D eigenvalue weighted by Gasteiger charge is 2.17. The summed E-state index contributed by atoms with van der Waals surface area (Å²) in [6.07, 6.45) is -1.10. The monoisotopic (exact) mass is 421 g/mol. The van der Waals surface area contributed by atoms with Gasteiger partial charge in [-0.15, -0.1) is 0 Å². The van der Waals surface area contributed by atoms with Gasteiger partial charge >= 0.3 is 5.63 Å². The van der Waals surface area contributed by atoms with Gasteiger partial charge in [-0.25, -0.2) is 4.79 Å². The van der Waals surface area contributed by atoms with Crippen LogP contribution in [-0.4, -0.2) is 30.6 Å². The van der Waals surface area contributed by atoms with Crippen molar-refractivity contribution in [3.63, 3.8) is 0 Å². The lowest BCUT2D eigenvalue weighted by Crippen LogP contribution is -2.28. The summed E-state index contributed by atoms with van der Waals surface area (Å²) in [6, 6.07) is 12.8. The molecule has 0 bridgehead atoms. The fourth-order valence-electron chi connectivity index (χ4n) is 3.37. The number of rotatable bonds is 8. The minimum atomic E-state index is -1.10. The molecule has 0 aliphatic carbocycles. The van der Waals surface area contributed by atoms with Crippen LogP contribution in [0.4, 0.5) is 11.4 Å². The van der Waals surface area contributed by atoms with Gasteiger partial charge in [0.1, 0.15) is 5.58 Å². The average molecular weight is 421 g/mol. The molecule has 0 spiro atoms. The van der Waals surface area contributed by atoms with Gasteiger partial charge in [0.05, 0.1) is 6.10 Å². The number of aliphatic hydroxyl groups is 1. The van der Waals surface area contributed by atoms with Crippen molar-refractivity contribution < 1.29 is 14.3 Å². The molecule has 1 unspecified atom stereocenters. The zero-order valence-electron chi connectivity index (χ0n) is 17.3. The number of aliphatic hydroxyl groups excluding tert-OH is 1. The molecule has 0 saturated carbocycles. The highest BCUT2D eigenvalue weighted by Crippen LogP contribution is 2.27. The van der Waals surface area contributed by atoms with Gasteiger partial charge < -0.3 is 19.7 Å². The van der Waals surface area contributed by atoms with Crippen LogP contribution in [0.2, 0.25) is 0 Å². The Hall–Kier alpha value is -3.81. The van der Waals surface area contributed by atoms with E-state index in [-0.39, 0.29) is 6.54 Å². The van der Waals surface area contributed by atoms with Gasteiger partial charge in [0.2, 0.25) is 0 Å². The van der Waals surface area contributed by atoms with Crippen molar-refractivity contribution >= 4 is 28.3 Å². The first-order valence-corrected chi connectivity index (χ1v) is 9.91. The average Bonchev–Trinajstić information content (AvgIpc) is 2.78. The van der Waals surface area contributed by atoms with Crippen LogP contribution in [0.25, 0.3) is 21.4 Å². The SMILES string of the molecule is CCN(CC)c1ccc2c(C(O)CNC(=O)c3ccc(N=[N+]=[N-])cc3)cc(=O)oc2c1. The van der Waals surface area contributed by atoms with Crippen molar-refractivity contribution in [3.05, 3.63) is 80.5 Å². The van der Waals surface area contributed by atoms with E-state index in [0.29, 0.717) is 27.8 Å². The highest BCUT2D eigenvalue weighted by molar-refractivity contribution is 5.94. The van der Waals surface area contributed by atoms with Gasteiger partial charge in [-0.2, -0.15) is 0 Å². The quantitative estimate of drug-likeness (QED) is 0.245. The number of fused-ring (bicyclic) bond motifs is 1. The van der Waals surface area contributed by atoms with Gasteiger partial charge in [-0.05, 0) is 43.6 Å². The Morgan fingerprint density at radius 2 is 1.90 bits per heavy atom. The van der Waals surface area contributed by atoms with E-state index in [2.05, 4.69) is 20.2 Å². The molecule has 1 heterocycles. The maximum atomic E-state index is 12.4. The number of benzene rings is 2. The number of amides is 1. The van der Waals surface area contributed by atoms with Gasteiger partial charge in [-0.1, -0.05) is 17.2 Å². The molecule has 0 aliphatic rings. The number of azide groups is 1. The smallest absolute Gasteiger partial charge is 0.336 e. The van der Waals surface area contributed by atoms with Gasteiger partial charge in [0.25, 0.3) is 5.91 Å². The van der Waals surface area contributed by atoms with E-state index in [1.54, 1.807) is 12.1 Å². The molecular weight excluding hydrogens is 398 g/mol. The summed E-state index contributed by atoms with van der Waals surface area (Å²) in [6.45, 7) is 5.61. The molecule has 3 rings (SSSR count). The molecular formula is C22H23N5O4. The Labute approximate surface area is 178 Å². The Balaban J connectivity index is 1.79. The van der Waals surface area contributed by atoms with E-state index in [9.17, 15) is 14.7 Å². The second-order valence-electron chi connectivity index (χ2n) is 6.84. The summed E-state index contributed by atoms with van der Waals surface area (Å²) < 4.78 is 5.34. The van der Waals surface area contributed by atoms with Crippen molar-refractivity contribution in [1.29, 1.82) is 0 Å². The number of nitrogens with zero attached hydrogens (tertiary/aromatic N) is 4. The van der Waals surface area contributed by atoms with Crippen LogP contribution in [0, 0.1) is 0 Å². The molecule has 3 aromatic rings. The van der Waals surface area contributed by atoms with Crippen molar-refractivity contribution in [2.45, 2.75) is 20.0 Å². The first-order chi connectivity index (χ1) is 15.0. The largest absolute Gasteiger partial charge is 0.423 e. The predicted octanol–water partition coefficient (Wildman–Crippen LogP) is 4.04. The fourth-order valence-corrected chi connectivity index (χ4v) is 3.37. The molecule has 2 N–H and O–H groups in total. The molecule has 1 amide bonds. The number of hydrogen-bond donors (Lipinski definition) is 2. The zero-order chi connectivity index (χ0) is 22.4. The number of hydrogen-bond acceptors (Lipinski definition) is 6. The lowest BCUT2D eigenvalue weighted by Gasteiger charge is -2.21. The zero-order valence-corrected chi connectivity index (χ0v) is 17.3. The Morgan fingerprint density at radius 1 is 1.19 bits per heavy atom. The van der Waals surface area contributed by atoms with Crippen LogP contribution in [0.3, 0.4) is 0 Å². The van der Waals surface area contributed by atoms with Crippen LogP contribution < -0.4 is 15.8 Å². The number of nitrogens with one attached hydrogen (secondary N) is 1. The molecule has 0 saturated heterocycles. The molecule has 0 aliphatic heterocycles. The van der Waals surface area contributed by atoms with Crippen molar-refractivity contribution in [2.75, 3.05) is 24.5 Å². The first-order valence-electron chi connectivity index (χ1n) is 9.91. The van der Waals surface area contributed by atoms with E-state index in [0.717, 1.165) is 18.8 Å². The van der Waals surface area contributed by atoms with Gasteiger partial charge in [-0.3, -0.25) is 4.79 Å². The summed E-state index contributed by atoms with van der Waals surface area (Å²) in [5.41, 5.74) is 10.3. The molecule has 9 heteroatoms. The summed E-state index contributed by atoms with van der Waals surface area (Å²) in [5.74, 6) is -0.400. The van der Waals surface area contributed by atoms with Gasteiger partial charge in [0.15, 0.2) is 0 Å². The minimum Gasteiger partial charge on any atom is -0.423 e. The molecule has 160 valence electrons. The van der Waals surface area contributed by atoms with Crippen LogP contribution in [0.15, 0.2) is 62.9 Å². The molecule has 31 heavy (non-hydrogen) atoms. The normalized spacial score (nSPS) is 11.6. The topological polar surface area (TPSA) is 132 Å². The van der Waals surface area contributed by atoms with Crippen LogP contribution in [-0.2, 0) is 0 Å². The standard InChI is InChI=1S/C22H23N5O4/c1-3-27(4-2)16-9-10-17-18(12-21(29)31-20(17)11-16)19(28)13-24-22(30)14-5-7-15(8-6-14)25-26-23/h5-12,19,28H,3-4,13H2,1-2H3,(H,24,30). The third kappa shape index (κ3) is 5.03. The molecule has 1 atom stereocenters. The van der Waals surface area contributed by atoms with Crippen LogP contribution in [0.5, 0.6) is 0 Å². The van der Waals surface area contributed by atoms with Gasteiger partial charge in [0, 0.05) is 64.6 Å². The van der Waals surface area contributed by atoms with E-state index in [4.69, 9.17) is 9.95 Å². The molecule has 1 aromatic heterocycles. The van der Waals surface area contributed by atoms with Crippen molar-refractivity contribution in [3.8, 4) is 0 Å². The second-order valence-corrected chi connectivity index (χ2v) is 6.84. The predicted molar refractivity (Wildman–Crippen MR) is 119 cm³/mol. The first kappa shape index (κ1) is 21.9. The third-order valence-corrected chi connectivity index (χ3v) is 4.99. The molecule has 9 nitrogen and oxygen atoms in total. The minimum absolute atomic E-state index is 0.0900. The molecule has 2 aromatic carbocycles. The van der Waals surface area contributed by atoms with Crippen molar-refractivity contribution in [2.24, 2.45) is 5.11 Å². The Bertz CT molecular complexity index is 1180. The van der Waals surface area contributed by atoms with Crippen LogP contribution >= 0.6 is 0 Å². The maximum Gasteiger partial charge on any atom is 0.336 e. The maximum absolute atomic E-state index is 12.4. The number of anilines is 1. The van der Waals surface area contributed by atoms with E-state index in [1.165, 1.54) is 30.3 Å². The highest BCUT2D eigenvalue weighted by atomic mass is 16.4. The third-order valence-electron chi connectivity index (χ3n) is 4.99. The van der Waals surface area contributed by atoms with Crippen LogP contribution in [0.1, 0.15) is 35.9 Å². The Kier molecular flexibility index (Phi) is 6.92. The van der Waals surface area contributed by atoms with E-state index in [1.807, 2.05) is 19.9 Å². The summed E-state index contributed by atoms with van der Waals surface area (Å²) >= 11 is 0. The van der Waals surface area contributed by atoms with E-state index >= 15 is 0 Å². The summed E-state index contributed by atoms with van der Waals surface area (Å²) in [5, 5.41) is 17.4. The second kappa shape index (κ2) is 9.80. The lowest BCUT2D eigenvalue weighted by atomic mass is 10.0. The van der Waals surface area contributed by atoms with Crippen molar-refractivity contribution in [1.82, 2.24) is 5.32 Å². The lowest BCUT2D eigenvalue weighted by molar-refractivity contribution is 0.0917. The summed E-state index contributed by atoms with van der Waals surface area (Å²) in [7, 11) is 0. The molecule has 0 radical (unpaired) electrons. The summed E-state index contributed by atoms with van der Waals surface area (Å²) in [4.78, 5) is 29.2. The number of carbonyl (C=O) groups excluding carboxylic acids is 1. The number of carbonyl (C=O) groups is 1. The Morgan fingerprint density at radius 3 is 2.55 bits per heavy atom. The van der Waals surface area contributed by atoms with E-state index < -0.39 is 17.6 Å².